The van der Waals surface area contributed by atoms with Crippen LogP contribution in [-0.4, -0.2) is 5.66 Å². The SMILES string of the molecule is CCCC1(C)Nc2cccc3cccc(c23)N1N. The van der Waals surface area contributed by atoms with Gasteiger partial charge >= 0.3 is 0 Å². The Morgan fingerprint density at radius 2 is 1.94 bits per heavy atom. The Bertz CT molecular complexity index is 588. The molecule has 1 atom stereocenters. The van der Waals surface area contributed by atoms with Crippen molar-refractivity contribution in [2.45, 2.75) is 32.4 Å². The van der Waals surface area contributed by atoms with Crippen LogP contribution in [0.1, 0.15) is 26.7 Å². The molecule has 0 aliphatic carbocycles. The lowest BCUT2D eigenvalue weighted by atomic mass is 9.97. The molecular formula is C15H19N3. The van der Waals surface area contributed by atoms with Gasteiger partial charge in [0.25, 0.3) is 0 Å². The van der Waals surface area contributed by atoms with E-state index in [0.717, 1.165) is 18.5 Å². The minimum Gasteiger partial charge on any atom is -0.361 e. The van der Waals surface area contributed by atoms with E-state index in [2.05, 4.69) is 55.6 Å². The van der Waals surface area contributed by atoms with Gasteiger partial charge in [-0.3, -0.25) is 5.01 Å². The quantitative estimate of drug-likeness (QED) is 0.791. The lowest BCUT2D eigenvalue weighted by Crippen LogP contribution is -2.58. The highest BCUT2D eigenvalue weighted by Gasteiger charge is 2.34. The molecule has 18 heavy (non-hydrogen) atoms. The summed E-state index contributed by atoms with van der Waals surface area (Å²) in [4.78, 5) is 0. The maximum atomic E-state index is 6.34. The molecule has 3 nitrogen and oxygen atoms in total. The van der Waals surface area contributed by atoms with E-state index >= 15 is 0 Å². The lowest BCUT2D eigenvalue weighted by Gasteiger charge is -2.45. The van der Waals surface area contributed by atoms with Gasteiger partial charge in [-0.2, -0.15) is 0 Å². The number of rotatable bonds is 2. The molecule has 0 spiro atoms. The van der Waals surface area contributed by atoms with E-state index in [4.69, 9.17) is 5.84 Å². The molecule has 0 aromatic heterocycles. The van der Waals surface area contributed by atoms with E-state index < -0.39 is 0 Å². The van der Waals surface area contributed by atoms with Crippen LogP contribution in [0.5, 0.6) is 0 Å². The van der Waals surface area contributed by atoms with Crippen molar-refractivity contribution in [2.75, 3.05) is 10.3 Å². The van der Waals surface area contributed by atoms with Crippen molar-refractivity contribution in [3.8, 4) is 0 Å². The molecule has 3 heteroatoms. The highest BCUT2D eigenvalue weighted by molar-refractivity contribution is 6.05. The zero-order chi connectivity index (χ0) is 12.8. The second-order valence-electron chi connectivity index (χ2n) is 5.20. The Morgan fingerprint density at radius 1 is 1.22 bits per heavy atom. The van der Waals surface area contributed by atoms with Crippen molar-refractivity contribution < 1.29 is 0 Å². The first-order valence-electron chi connectivity index (χ1n) is 6.50. The largest absolute Gasteiger partial charge is 0.361 e. The van der Waals surface area contributed by atoms with Gasteiger partial charge in [-0.05, 0) is 30.9 Å². The number of nitrogens with one attached hydrogen (secondary N) is 1. The number of nitrogens with zero attached hydrogens (tertiary/aromatic N) is 1. The first-order valence-corrected chi connectivity index (χ1v) is 6.50. The third-order valence-electron chi connectivity index (χ3n) is 3.81. The molecule has 2 aromatic rings. The van der Waals surface area contributed by atoms with Gasteiger partial charge < -0.3 is 5.32 Å². The predicted molar refractivity (Wildman–Crippen MR) is 77.6 cm³/mol. The van der Waals surface area contributed by atoms with Crippen molar-refractivity contribution >= 4 is 22.1 Å². The molecule has 94 valence electrons. The number of hydrogen-bond acceptors (Lipinski definition) is 3. The molecule has 2 aromatic carbocycles. The van der Waals surface area contributed by atoms with Gasteiger partial charge in [0.2, 0.25) is 0 Å². The summed E-state index contributed by atoms with van der Waals surface area (Å²) in [6, 6.07) is 12.6. The molecule has 1 aliphatic rings. The molecule has 0 bridgehead atoms. The third-order valence-corrected chi connectivity index (χ3v) is 3.81. The van der Waals surface area contributed by atoms with Crippen LogP contribution in [0.15, 0.2) is 36.4 Å². The highest BCUT2D eigenvalue weighted by Crippen LogP contribution is 2.41. The van der Waals surface area contributed by atoms with Crippen LogP contribution < -0.4 is 16.2 Å². The number of anilines is 2. The van der Waals surface area contributed by atoms with Crippen molar-refractivity contribution in [1.29, 1.82) is 0 Å². The van der Waals surface area contributed by atoms with Gasteiger partial charge in [-0.25, -0.2) is 5.84 Å². The van der Waals surface area contributed by atoms with Gasteiger partial charge in [0.1, 0.15) is 5.66 Å². The molecular weight excluding hydrogens is 222 g/mol. The molecule has 3 N–H and O–H groups in total. The fourth-order valence-electron chi connectivity index (χ4n) is 2.91. The zero-order valence-corrected chi connectivity index (χ0v) is 10.9. The van der Waals surface area contributed by atoms with Gasteiger partial charge in [0.05, 0.1) is 5.69 Å². The molecule has 1 aliphatic heterocycles. The summed E-state index contributed by atoms with van der Waals surface area (Å²) in [7, 11) is 0. The monoisotopic (exact) mass is 241 g/mol. The van der Waals surface area contributed by atoms with Gasteiger partial charge in [-0.1, -0.05) is 37.6 Å². The van der Waals surface area contributed by atoms with E-state index in [9.17, 15) is 0 Å². The summed E-state index contributed by atoms with van der Waals surface area (Å²) in [5.74, 6) is 6.34. The molecule has 0 radical (unpaired) electrons. The van der Waals surface area contributed by atoms with Gasteiger partial charge in [-0.15, -0.1) is 0 Å². The molecule has 0 fully saturated rings. The Kier molecular flexibility index (Phi) is 2.45. The summed E-state index contributed by atoms with van der Waals surface area (Å²) in [5, 5.41) is 7.92. The Hall–Kier alpha value is -1.74. The van der Waals surface area contributed by atoms with E-state index in [1.165, 1.54) is 16.5 Å². The fourth-order valence-corrected chi connectivity index (χ4v) is 2.91. The standard InChI is InChI=1S/C15H19N3/c1-3-10-15(2)17-12-8-4-6-11-7-5-9-13(14(11)12)18(15)16/h4-9,17H,3,10,16H2,1-2H3. The molecule has 0 saturated carbocycles. The van der Waals surface area contributed by atoms with Crippen molar-refractivity contribution in [1.82, 2.24) is 0 Å². The van der Waals surface area contributed by atoms with Crippen LogP contribution in [0.3, 0.4) is 0 Å². The number of benzene rings is 2. The molecule has 0 amide bonds. The predicted octanol–water partition coefficient (Wildman–Crippen LogP) is 3.46. The maximum absolute atomic E-state index is 6.34. The minimum atomic E-state index is -0.211. The van der Waals surface area contributed by atoms with Crippen molar-refractivity contribution in [2.24, 2.45) is 5.84 Å². The van der Waals surface area contributed by atoms with Crippen LogP contribution in [0, 0.1) is 0 Å². The number of hydrazine groups is 1. The van der Waals surface area contributed by atoms with Crippen LogP contribution in [0.2, 0.25) is 0 Å². The second kappa shape index (κ2) is 3.89. The summed E-state index contributed by atoms with van der Waals surface area (Å²) in [6.07, 6.45) is 2.10. The van der Waals surface area contributed by atoms with Gasteiger partial charge in [0, 0.05) is 11.1 Å². The fraction of sp³-hybridized carbons (Fsp3) is 0.333. The number of nitrogens with two attached hydrogens (primary N) is 1. The lowest BCUT2D eigenvalue weighted by molar-refractivity contribution is 0.438. The van der Waals surface area contributed by atoms with Gasteiger partial charge in [0.15, 0.2) is 0 Å². The van der Waals surface area contributed by atoms with E-state index in [1.54, 1.807) is 0 Å². The Labute approximate surface area is 108 Å². The van der Waals surface area contributed by atoms with Crippen LogP contribution in [0.4, 0.5) is 11.4 Å². The number of hydrogen-bond donors (Lipinski definition) is 2. The summed E-state index contributed by atoms with van der Waals surface area (Å²) >= 11 is 0. The summed E-state index contributed by atoms with van der Waals surface area (Å²) < 4.78 is 0. The Balaban J connectivity index is 2.24. The second-order valence-corrected chi connectivity index (χ2v) is 5.20. The highest BCUT2D eigenvalue weighted by atomic mass is 15.5. The molecule has 1 unspecified atom stereocenters. The molecule has 0 saturated heterocycles. The average molecular weight is 241 g/mol. The molecule has 1 heterocycles. The first kappa shape index (κ1) is 11.4. The van der Waals surface area contributed by atoms with Crippen LogP contribution in [0.25, 0.3) is 10.8 Å². The summed E-state index contributed by atoms with van der Waals surface area (Å²) in [5.41, 5.74) is 2.08. The third kappa shape index (κ3) is 1.47. The minimum absolute atomic E-state index is 0.211. The van der Waals surface area contributed by atoms with E-state index in [1.807, 2.05) is 5.01 Å². The normalized spacial score (nSPS) is 22.1. The zero-order valence-electron chi connectivity index (χ0n) is 10.9. The Morgan fingerprint density at radius 3 is 2.67 bits per heavy atom. The van der Waals surface area contributed by atoms with Crippen molar-refractivity contribution in [3.63, 3.8) is 0 Å². The topological polar surface area (TPSA) is 41.3 Å². The van der Waals surface area contributed by atoms with Crippen LogP contribution in [-0.2, 0) is 0 Å². The van der Waals surface area contributed by atoms with Crippen LogP contribution >= 0.6 is 0 Å². The summed E-state index contributed by atoms with van der Waals surface area (Å²) in [6.45, 7) is 4.34. The molecule has 3 rings (SSSR count). The maximum Gasteiger partial charge on any atom is 0.122 e. The van der Waals surface area contributed by atoms with E-state index in [-0.39, 0.29) is 5.66 Å². The smallest absolute Gasteiger partial charge is 0.122 e. The van der Waals surface area contributed by atoms with Crippen molar-refractivity contribution in [3.05, 3.63) is 36.4 Å². The average Bonchev–Trinajstić information content (AvgIpc) is 2.36. The first-order chi connectivity index (χ1) is 8.65. The van der Waals surface area contributed by atoms with E-state index in [0.29, 0.717) is 0 Å².